The molecule has 0 radical (unpaired) electrons. The zero-order chi connectivity index (χ0) is 23.2. The van der Waals surface area contributed by atoms with Crippen LogP contribution in [0.1, 0.15) is 22.8 Å². The van der Waals surface area contributed by atoms with Crippen molar-refractivity contribution in [3.8, 4) is 22.7 Å². The highest BCUT2D eigenvalue weighted by Crippen LogP contribution is 2.26. The number of ether oxygens (including phenoxy) is 1. The highest BCUT2D eigenvalue weighted by Gasteiger charge is 2.11. The minimum Gasteiger partial charge on any atom is -0.497 e. The maximum Gasteiger partial charge on any atom is 0.248 e. The molecule has 6 heteroatoms. The minimum absolute atomic E-state index is 0.0192. The Kier molecular flexibility index (Phi) is 6.45. The van der Waals surface area contributed by atoms with Crippen LogP contribution in [0.5, 0.6) is 5.75 Å². The van der Waals surface area contributed by atoms with Crippen molar-refractivity contribution < 1.29 is 14.3 Å². The zero-order valence-corrected chi connectivity index (χ0v) is 18.4. The van der Waals surface area contributed by atoms with Gasteiger partial charge in [-0.3, -0.25) is 9.59 Å². The Labute approximate surface area is 192 Å². The van der Waals surface area contributed by atoms with E-state index in [-0.39, 0.29) is 11.7 Å². The number of aromatic nitrogens is 2. The second-order valence-corrected chi connectivity index (χ2v) is 7.40. The summed E-state index contributed by atoms with van der Waals surface area (Å²) >= 11 is 0. The van der Waals surface area contributed by atoms with Gasteiger partial charge < -0.3 is 10.1 Å². The zero-order valence-electron chi connectivity index (χ0n) is 18.4. The van der Waals surface area contributed by atoms with Crippen LogP contribution in [0, 0.1) is 0 Å². The monoisotopic (exact) mass is 437 g/mol. The van der Waals surface area contributed by atoms with E-state index in [0.717, 1.165) is 28.3 Å². The molecule has 3 aromatic carbocycles. The van der Waals surface area contributed by atoms with Gasteiger partial charge in [0.15, 0.2) is 5.78 Å². The van der Waals surface area contributed by atoms with Gasteiger partial charge in [-0.2, -0.15) is 5.10 Å². The summed E-state index contributed by atoms with van der Waals surface area (Å²) in [5, 5.41) is 7.57. The van der Waals surface area contributed by atoms with Gasteiger partial charge in [-0.15, -0.1) is 0 Å². The van der Waals surface area contributed by atoms with Crippen LogP contribution in [0.25, 0.3) is 23.0 Å². The van der Waals surface area contributed by atoms with Crippen molar-refractivity contribution in [2.45, 2.75) is 6.92 Å². The molecule has 0 aliphatic rings. The quantitative estimate of drug-likeness (QED) is 0.310. The maximum atomic E-state index is 12.5. The lowest BCUT2D eigenvalue weighted by molar-refractivity contribution is -0.111. The van der Waals surface area contributed by atoms with Crippen molar-refractivity contribution in [1.82, 2.24) is 9.78 Å². The van der Waals surface area contributed by atoms with E-state index in [0.29, 0.717) is 11.3 Å². The fraction of sp³-hybridized carbons (Fsp3) is 0.0741. The molecule has 4 aromatic rings. The van der Waals surface area contributed by atoms with Crippen LogP contribution in [0.15, 0.2) is 91.1 Å². The molecule has 0 saturated carbocycles. The van der Waals surface area contributed by atoms with Crippen LogP contribution in [0.3, 0.4) is 0 Å². The van der Waals surface area contributed by atoms with Gasteiger partial charge >= 0.3 is 0 Å². The van der Waals surface area contributed by atoms with E-state index in [1.165, 1.54) is 13.0 Å². The molecule has 0 bridgehead atoms. The predicted molar refractivity (Wildman–Crippen MR) is 130 cm³/mol. The Bertz CT molecular complexity index is 1290. The Hall–Kier alpha value is -4.45. The first-order valence-corrected chi connectivity index (χ1v) is 10.4. The van der Waals surface area contributed by atoms with Crippen LogP contribution < -0.4 is 10.1 Å². The topological polar surface area (TPSA) is 73.2 Å². The van der Waals surface area contributed by atoms with E-state index in [9.17, 15) is 9.59 Å². The van der Waals surface area contributed by atoms with Gasteiger partial charge in [0.2, 0.25) is 5.91 Å². The smallest absolute Gasteiger partial charge is 0.248 e. The van der Waals surface area contributed by atoms with Crippen molar-refractivity contribution in [1.29, 1.82) is 0 Å². The van der Waals surface area contributed by atoms with Gasteiger partial charge in [0, 0.05) is 34.7 Å². The summed E-state index contributed by atoms with van der Waals surface area (Å²) in [5.41, 5.74) is 4.58. The van der Waals surface area contributed by atoms with E-state index >= 15 is 0 Å². The maximum absolute atomic E-state index is 12.5. The average Bonchev–Trinajstić information content (AvgIpc) is 3.28. The summed E-state index contributed by atoms with van der Waals surface area (Å²) in [5.74, 6) is 0.460. The largest absolute Gasteiger partial charge is 0.497 e. The van der Waals surface area contributed by atoms with Gasteiger partial charge in [0.05, 0.1) is 18.5 Å². The second kappa shape index (κ2) is 9.78. The third-order valence-corrected chi connectivity index (χ3v) is 5.10. The molecule has 0 saturated heterocycles. The van der Waals surface area contributed by atoms with Crippen molar-refractivity contribution in [2.24, 2.45) is 0 Å². The summed E-state index contributed by atoms with van der Waals surface area (Å²) in [4.78, 5) is 23.9. The number of amides is 1. The number of hydrogen-bond acceptors (Lipinski definition) is 4. The van der Waals surface area contributed by atoms with Crippen molar-refractivity contribution in [3.63, 3.8) is 0 Å². The number of carbonyl (C=O) groups excluding carboxylic acids is 2. The standard InChI is InChI=1S/C27H23N3O3/c1-19(31)20-8-13-23(14-9-20)28-26(32)17-12-22-18-30(24-6-4-3-5-7-24)29-27(22)21-10-15-25(33-2)16-11-21/h3-18H,1-2H3,(H,28,32)/b17-12+. The first-order chi connectivity index (χ1) is 16.0. The molecule has 1 heterocycles. The lowest BCUT2D eigenvalue weighted by atomic mass is 10.1. The number of anilines is 1. The lowest BCUT2D eigenvalue weighted by Gasteiger charge is -2.03. The van der Waals surface area contributed by atoms with Gasteiger partial charge in [0.25, 0.3) is 0 Å². The number of rotatable bonds is 7. The number of carbonyl (C=O) groups is 2. The van der Waals surface area contributed by atoms with E-state index in [4.69, 9.17) is 9.84 Å². The summed E-state index contributed by atoms with van der Waals surface area (Å²) in [7, 11) is 1.62. The second-order valence-electron chi connectivity index (χ2n) is 7.40. The van der Waals surface area contributed by atoms with Crippen LogP contribution in [0.4, 0.5) is 5.69 Å². The number of methoxy groups -OCH3 is 1. The Morgan fingerprint density at radius 3 is 2.27 bits per heavy atom. The third kappa shape index (κ3) is 5.25. The van der Waals surface area contributed by atoms with Gasteiger partial charge in [0.1, 0.15) is 5.75 Å². The van der Waals surface area contributed by atoms with Crippen LogP contribution in [0.2, 0.25) is 0 Å². The Balaban J connectivity index is 1.60. The fourth-order valence-electron chi connectivity index (χ4n) is 3.33. The molecule has 4 rings (SSSR count). The predicted octanol–water partition coefficient (Wildman–Crippen LogP) is 5.40. The molecule has 0 atom stereocenters. The number of ketones is 1. The number of nitrogens with zero attached hydrogens (tertiary/aromatic N) is 2. The number of benzene rings is 3. The lowest BCUT2D eigenvalue weighted by Crippen LogP contribution is -2.07. The number of nitrogens with one attached hydrogen (secondary N) is 1. The molecule has 6 nitrogen and oxygen atoms in total. The molecule has 33 heavy (non-hydrogen) atoms. The van der Waals surface area contributed by atoms with Crippen LogP contribution in [-0.2, 0) is 4.79 Å². The summed E-state index contributed by atoms with van der Waals surface area (Å²) in [6.07, 6.45) is 5.10. The molecule has 0 spiro atoms. The normalized spacial score (nSPS) is 10.8. The van der Waals surface area contributed by atoms with Crippen molar-refractivity contribution in [2.75, 3.05) is 12.4 Å². The molecule has 1 N–H and O–H groups in total. The first-order valence-electron chi connectivity index (χ1n) is 10.4. The van der Waals surface area contributed by atoms with Crippen molar-refractivity contribution in [3.05, 3.63) is 102 Å². The Morgan fingerprint density at radius 1 is 0.939 bits per heavy atom. The van der Waals surface area contributed by atoms with E-state index in [1.807, 2.05) is 60.8 Å². The minimum atomic E-state index is -0.279. The molecule has 0 fully saturated rings. The molecule has 1 amide bonds. The van der Waals surface area contributed by atoms with E-state index in [1.54, 1.807) is 42.1 Å². The Morgan fingerprint density at radius 2 is 1.64 bits per heavy atom. The number of Topliss-reactive ketones (excluding diaryl/α,β-unsaturated/α-hetero) is 1. The SMILES string of the molecule is COc1ccc(-c2nn(-c3ccccc3)cc2/C=C/C(=O)Nc2ccc(C(C)=O)cc2)cc1. The fourth-order valence-corrected chi connectivity index (χ4v) is 3.33. The molecule has 0 unspecified atom stereocenters. The van der Waals surface area contributed by atoms with Crippen LogP contribution >= 0.6 is 0 Å². The average molecular weight is 437 g/mol. The molecule has 0 aliphatic carbocycles. The van der Waals surface area contributed by atoms with Crippen LogP contribution in [-0.4, -0.2) is 28.6 Å². The summed E-state index contributed by atoms with van der Waals surface area (Å²) in [6.45, 7) is 1.51. The number of hydrogen-bond donors (Lipinski definition) is 1. The molecule has 164 valence electrons. The summed E-state index contributed by atoms with van der Waals surface area (Å²) < 4.78 is 7.04. The first kappa shape index (κ1) is 21.8. The third-order valence-electron chi connectivity index (χ3n) is 5.10. The van der Waals surface area contributed by atoms with E-state index < -0.39 is 0 Å². The van der Waals surface area contributed by atoms with Crippen molar-refractivity contribution >= 4 is 23.5 Å². The number of para-hydroxylation sites is 1. The van der Waals surface area contributed by atoms with Gasteiger partial charge in [-0.1, -0.05) is 18.2 Å². The highest BCUT2D eigenvalue weighted by atomic mass is 16.5. The van der Waals surface area contributed by atoms with Gasteiger partial charge in [-0.25, -0.2) is 4.68 Å². The molecular weight excluding hydrogens is 414 g/mol. The van der Waals surface area contributed by atoms with E-state index in [2.05, 4.69) is 5.32 Å². The molecule has 0 aliphatic heterocycles. The van der Waals surface area contributed by atoms with Gasteiger partial charge in [-0.05, 0) is 73.7 Å². The molecule has 1 aromatic heterocycles. The molecular formula is C27H23N3O3. The summed E-state index contributed by atoms with van der Waals surface area (Å²) in [6, 6.07) is 24.2. The highest BCUT2D eigenvalue weighted by molar-refractivity contribution is 6.02.